The molecule has 0 spiro atoms. The van der Waals surface area contributed by atoms with E-state index in [1.54, 1.807) is 6.92 Å². The van der Waals surface area contributed by atoms with Crippen LogP contribution in [0.2, 0.25) is 0 Å². The summed E-state index contributed by atoms with van der Waals surface area (Å²) >= 11 is 0. The fourth-order valence-corrected chi connectivity index (χ4v) is 6.66. The summed E-state index contributed by atoms with van der Waals surface area (Å²) in [4.78, 5) is 17.6. The van der Waals surface area contributed by atoms with E-state index < -0.39 is 6.10 Å². The van der Waals surface area contributed by atoms with E-state index in [1.807, 2.05) is 30.3 Å². The summed E-state index contributed by atoms with van der Waals surface area (Å²) in [6.45, 7) is 2.20. The van der Waals surface area contributed by atoms with Gasteiger partial charge in [0.2, 0.25) is 5.91 Å². The number of aromatic nitrogens is 1. The van der Waals surface area contributed by atoms with Crippen LogP contribution in [0.1, 0.15) is 51.9 Å². The lowest BCUT2D eigenvalue weighted by atomic mass is 9.49. The van der Waals surface area contributed by atoms with Gasteiger partial charge in [0.1, 0.15) is 5.82 Å². The van der Waals surface area contributed by atoms with Crippen LogP contribution in [-0.4, -0.2) is 28.6 Å². The van der Waals surface area contributed by atoms with Crippen LogP contribution in [0.3, 0.4) is 0 Å². The highest BCUT2D eigenvalue weighted by Gasteiger charge is 2.51. The first-order valence-electron chi connectivity index (χ1n) is 11.1. The van der Waals surface area contributed by atoms with Crippen LogP contribution in [-0.2, 0) is 4.79 Å². The summed E-state index contributed by atoms with van der Waals surface area (Å²) in [5.74, 6) is 3.47. The van der Waals surface area contributed by atoms with Crippen LogP contribution in [0.5, 0.6) is 0 Å². The number of nitrogens with one attached hydrogen (secondary N) is 2. The van der Waals surface area contributed by atoms with Crippen molar-refractivity contribution in [2.24, 2.45) is 23.2 Å². The van der Waals surface area contributed by atoms with Gasteiger partial charge in [0, 0.05) is 18.4 Å². The van der Waals surface area contributed by atoms with E-state index in [-0.39, 0.29) is 11.3 Å². The number of anilines is 2. The molecule has 1 heterocycles. The van der Waals surface area contributed by atoms with Crippen molar-refractivity contribution in [1.29, 1.82) is 0 Å². The van der Waals surface area contributed by atoms with E-state index in [2.05, 4.69) is 15.6 Å². The molecular formula is C24H31N3O2. The SMILES string of the molecule is C[C@H](O)CNc1ccc2c(NC(=O)CC34CC5CC(CC(C5)C3)C4)cccc2n1. The number of hydrogen-bond donors (Lipinski definition) is 3. The molecule has 4 saturated carbocycles. The van der Waals surface area contributed by atoms with Gasteiger partial charge in [-0.15, -0.1) is 0 Å². The largest absolute Gasteiger partial charge is 0.392 e. The monoisotopic (exact) mass is 393 g/mol. The lowest BCUT2D eigenvalue weighted by molar-refractivity contribution is -0.124. The number of pyridine rings is 1. The molecular weight excluding hydrogens is 362 g/mol. The van der Waals surface area contributed by atoms with Gasteiger partial charge in [-0.3, -0.25) is 4.79 Å². The normalized spacial score (nSPS) is 31.0. The molecule has 1 aromatic carbocycles. The molecule has 4 fully saturated rings. The van der Waals surface area contributed by atoms with Gasteiger partial charge in [0.25, 0.3) is 0 Å². The topological polar surface area (TPSA) is 74.2 Å². The summed E-state index contributed by atoms with van der Waals surface area (Å²) in [6, 6.07) is 9.75. The highest BCUT2D eigenvalue weighted by Crippen LogP contribution is 2.61. The number of aliphatic hydroxyl groups is 1. The van der Waals surface area contributed by atoms with Crippen molar-refractivity contribution in [3.05, 3.63) is 30.3 Å². The van der Waals surface area contributed by atoms with Crippen molar-refractivity contribution in [2.45, 2.75) is 58.0 Å². The third kappa shape index (κ3) is 3.85. The van der Waals surface area contributed by atoms with Gasteiger partial charge in [-0.2, -0.15) is 0 Å². The molecule has 5 heteroatoms. The lowest BCUT2D eigenvalue weighted by Gasteiger charge is -2.56. The molecule has 3 N–H and O–H groups in total. The second-order valence-corrected chi connectivity index (χ2v) is 9.94. The average molecular weight is 394 g/mol. The zero-order chi connectivity index (χ0) is 20.0. The second kappa shape index (κ2) is 7.28. The maximum Gasteiger partial charge on any atom is 0.224 e. The van der Waals surface area contributed by atoms with Crippen LogP contribution in [0.4, 0.5) is 11.5 Å². The van der Waals surface area contributed by atoms with Gasteiger partial charge in [0.15, 0.2) is 0 Å². The molecule has 2 aromatic rings. The van der Waals surface area contributed by atoms with Gasteiger partial charge >= 0.3 is 0 Å². The van der Waals surface area contributed by atoms with Crippen LogP contribution < -0.4 is 10.6 Å². The molecule has 6 rings (SSSR count). The Morgan fingerprint density at radius 3 is 2.48 bits per heavy atom. The van der Waals surface area contributed by atoms with Gasteiger partial charge in [-0.05, 0) is 92.9 Å². The molecule has 154 valence electrons. The number of aliphatic hydroxyl groups excluding tert-OH is 1. The second-order valence-electron chi connectivity index (χ2n) is 9.94. The maximum atomic E-state index is 13.0. The fraction of sp³-hybridized carbons (Fsp3) is 0.583. The third-order valence-electron chi connectivity index (χ3n) is 7.29. The molecule has 0 aliphatic heterocycles. The number of hydrogen-bond acceptors (Lipinski definition) is 4. The fourth-order valence-electron chi connectivity index (χ4n) is 6.66. The molecule has 1 atom stereocenters. The molecule has 5 nitrogen and oxygen atoms in total. The van der Waals surface area contributed by atoms with Gasteiger partial charge in [-0.25, -0.2) is 4.98 Å². The molecule has 4 aliphatic carbocycles. The van der Waals surface area contributed by atoms with Crippen molar-refractivity contribution < 1.29 is 9.90 Å². The van der Waals surface area contributed by atoms with Crippen LogP contribution >= 0.6 is 0 Å². The van der Waals surface area contributed by atoms with E-state index in [0.29, 0.717) is 13.0 Å². The molecule has 29 heavy (non-hydrogen) atoms. The minimum Gasteiger partial charge on any atom is -0.392 e. The maximum absolute atomic E-state index is 13.0. The standard InChI is InChI=1S/C24H31N3O2/c1-15(28)14-25-22-6-5-19-20(26-22)3-2-4-21(19)27-23(29)13-24-10-16-7-17(11-24)9-18(8-16)12-24/h2-6,15-18,28H,7-14H2,1H3,(H,25,26)(H,27,29)/t15-,16?,17?,18?,24?/m0/s1. The zero-order valence-electron chi connectivity index (χ0n) is 17.2. The predicted molar refractivity (Wildman–Crippen MR) is 116 cm³/mol. The molecule has 0 saturated heterocycles. The Morgan fingerprint density at radius 1 is 1.14 bits per heavy atom. The minimum absolute atomic E-state index is 0.149. The summed E-state index contributed by atoms with van der Waals surface area (Å²) < 4.78 is 0. The lowest BCUT2D eigenvalue weighted by Crippen LogP contribution is -2.47. The van der Waals surface area contributed by atoms with Crippen LogP contribution in [0.25, 0.3) is 10.9 Å². The number of rotatable bonds is 6. The first-order chi connectivity index (χ1) is 14.0. The van der Waals surface area contributed by atoms with Gasteiger partial charge < -0.3 is 15.7 Å². The van der Waals surface area contributed by atoms with E-state index in [4.69, 9.17) is 0 Å². The van der Waals surface area contributed by atoms with E-state index >= 15 is 0 Å². The predicted octanol–water partition coefficient (Wildman–Crippen LogP) is 4.57. The third-order valence-corrected chi connectivity index (χ3v) is 7.29. The number of benzene rings is 1. The number of nitrogens with zero attached hydrogens (tertiary/aromatic N) is 1. The van der Waals surface area contributed by atoms with Crippen molar-refractivity contribution in [2.75, 3.05) is 17.2 Å². The van der Waals surface area contributed by atoms with Gasteiger partial charge in [-0.1, -0.05) is 6.07 Å². The Kier molecular flexibility index (Phi) is 4.73. The van der Waals surface area contributed by atoms with Crippen molar-refractivity contribution in [3.8, 4) is 0 Å². The highest BCUT2D eigenvalue weighted by molar-refractivity contribution is 6.01. The smallest absolute Gasteiger partial charge is 0.224 e. The van der Waals surface area contributed by atoms with E-state index in [9.17, 15) is 9.90 Å². The van der Waals surface area contributed by atoms with E-state index in [1.165, 1.54) is 38.5 Å². The molecule has 0 unspecified atom stereocenters. The first-order valence-corrected chi connectivity index (χ1v) is 11.1. The van der Waals surface area contributed by atoms with Crippen molar-refractivity contribution in [3.63, 3.8) is 0 Å². The zero-order valence-corrected chi connectivity index (χ0v) is 17.2. The summed E-state index contributed by atoms with van der Waals surface area (Å²) in [5.41, 5.74) is 1.93. The van der Waals surface area contributed by atoms with Crippen molar-refractivity contribution >= 4 is 28.3 Å². The molecule has 0 radical (unpaired) electrons. The Morgan fingerprint density at radius 2 is 1.83 bits per heavy atom. The minimum atomic E-state index is -0.428. The van der Waals surface area contributed by atoms with Gasteiger partial charge in [0.05, 0.1) is 17.3 Å². The summed E-state index contributed by atoms with van der Waals surface area (Å²) in [6.07, 6.45) is 8.20. The highest BCUT2D eigenvalue weighted by atomic mass is 16.3. The Balaban J connectivity index is 1.30. The molecule has 1 amide bonds. The quantitative estimate of drug-likeness (QED) is 0.672. The number of fused-ring (bicyclic) bond motifs is 1. The Hall–Kier alpha value is -2.14. The molecule has 1 aromatic heterocycles. The number of carbonyl (C=O) groups is 1. The Bertz CT molecular complexity index is 888. The Labute approximate surface area is 172 Å². The van der Waals surface area contributed by atoms with Crippen molar-refractivity contribution in [1.82, 2.24) is 4.98 Å². The molecule has 4 aliphatic rings. The van der Waals surface area contributed by atoms with E-state index in [0.717, 1.165) is 40.2 Å². The number of carbonyl (C=O) groups excluding carboxylic acids is 1. The van der Waals surface area contributed by atoms with Crippen LogP contribution in [0.15, 0.2) is 30.3 Å². The summed E-state index contributed by atoms with van der Waals surface area (Å²) in [7, 11) is 0. The van der Waals surface area contributed by atoms with Crippen LogP contribution in [0, 0.1) is 23.2 Å². The average Bonchev–Trinajstić information content (AvgIpc) is 2.64. The first kappa shape index (κ1) is 18.9. The summed E-state index contributed by atoms with van der Waals surface area (Å²) in [5, 5.41) is 16.7. The number of amides is 1. The molecule has 4 bridgehead atoms.